The van der Waals surface area contributed by atoms with Gasteiger partial charge in [0.05, 0.1) is 29.0 Å². The van der Waals surface area contributed by atoms with E-state index in [9.17, 15) is 8.78 Å². The van der Waals surface area contributed by atoms with Gasteiger partial charge in [0.25, 0.3) is 0 Å². The van der Waals surface area contributed by atoms with E-state index in [0.29, 0.717) is 16.8 Å². The lowest BCUT2D eigenvalue weighted by molar-refractivity contribution is 0.0566. The minimum absolute atomic E-state index is 0.104. The van der Waals surface area contributed by atoms with E-state index in [1.54, 1.807) is 0 Å². The molecule has 4 heterocycles. The van der Waals surface area contributed by atoms with E-state index in [-0.39, 0.29) is 5.54 Å². The molecule has 0 atom stereocenters. The molecule has 0 aliphatic carbocycles. The third kappa shape index (κ3) is 4.38. The van der Waals surface area contributed by atoms with Crippen LogP contribution in [-0.4, -0.2) is 38.9 Å². The molecule has 3 aromatic rings. The monoisotopic (exact) mass is 424 g/mol. The number of halogens is 2. The number of aromatic amines is 1. The summed E-state index contributed by atoms with van der Waals surface area (Å²) in [7, 11) is 1.98. The van der Waals surface area contributed by atoms with Crippen LogP contribution in [0.15, 0.2) is 43.2 Å². The molecule has 0 bridgehead atoms. The maximum absolute atomic E-state index is 12.9. The summed E-state index contributed by atoms with van der Waals surface area (Å²) in [6, 6.07) is 7.85. The maximum atomic E-state index is 12.9. The molecule has 0 saturated heterocycles. The number of nitrogens with zero attached hydrogens (tertiary/aromatic N) is 4. The number of likely N-dealkylation sites (N-methyl/N-ethyl adjacent to an activating group) is 1. The zero-order valence-electron chi connectivity index (χ0n) is 18.1. The van der Waals surface area contributed by atoms with Crippen molar-refractivity contribution in [3.63, 3.8) is 0 Å². The fourth-order valence-electron chi connectivity index (χ4n) is 3.65. The highest BCUT2D eigenvalue weighted by Gasteiger charge is 2.21. The van der Waals surface area contributed by atoms with Gasteiger partial charge in [-0.15, -0.1) is 0 Å². The first kappa shape index (κ1) is 20.8. The molecule has 162 valence electrons. The van der Waals surface area contributed by atoms with Crippen molar-refractivity contribution in [1.82, 2.24) is 25.1 Å². The van der Waals surface area contributed by atoms with Crippen molar-refractivity contribution in [2.45, 2.75) is 32.9 Å². The van der Waals surface area contributed by atoms with Gasteiger partial charge < -0.3 is 15.2 Å². The van der Waals surface area contributed by atoms with E-state index in [2.05, 4.69) is 53.7 Å². The Labute approximate surface area is 180 Å². The van der Waals surface area contributed by atoms with Crippen molar-refractivity contribution >= 4 is 23.2 Å². The Kier molecular flexibility index (Phi) is 5.16. The number of nitrogens with one attached hydrogen (secondary N) is 2. The fourth-order valence-corrected chi connectivity index (χ4v) is 3.65. The third-order valence-corrected chi connectivity index (χ3v) is 4.97. The Morgan fingerprint density at radius 3 is 2.74 bits per heavy atom. The van der Waals surface area contributed by atoms with Crippen LogP contribution in [0.3, 0.4) is 0 Å². The van der Waals surface area contributed by atoms with Crippen LogP contribution < -0.4 is 10.2 Å². The van der Waals surface area contributed by atoms with E-state index in [1.165, 1.54) is 12.4 Å². The second-order valence-electron chi connectivity index (χ2n) is 8.76. The second kappa shape index (κ2) is 7.68. The van der Waals surface area contributed by atoms with Gasteiger partial charge >= 0.3 is 6.55 Å². The molecular weight excluding hydrogens is 398 g/mol. The largest absolute Gasteiger partial charge is 0.379 e. The number of anilines is 1. The molecule has 0 radical (unpaired) electrons. The smallest absolute Gasteiger partial charge is 0.333 e. The zero-order chi connectivity index (χ0) is 22.3. The van der Waals surface area contributed by atoms with Gasteiger partial charge in [0.2, 0.25) is 0 Å². The highest BCUT2D eigenvalue weighted by molar-refractivity contribution is 5.91. The van der Waals surface area contributed by atoms with E-state index >= 15 is 0 Å². The van der Waals surface area contributed by atoms with Crippen molar-refractivity contribution in [1.29, 1.82) is 0 Å². The van der Waals surface area contributed by atoms with Crippen LogP contribution in [0.25, 0.3) is 28.6 Å². The van der Waals surface area contributed by atoms with Gasteiger partial charge in [-0.25, -0.2) is 9.67 Å². The molecule has 3 aromatic heterocycles. The summed E-state index contributed by atoms with van der Waals surface area (Å²) in [5, 5.41) is 7.09. The van der Waals surface area contributed by atoms with Crippen molar-refractivity contribution in [2.24, 2.45) is 0 Å². The van der Waals surface area contributed by atoms with E-state index in [1.807, 2.05) is 31.3 Å². The molecule has 31 heavy (non-hydrogen) atoms. The molecule has 0 amide bonds. The Hall–Kier alpha value is -3.42. The molecule has 1 aliphatic heterocycles. The average Bonchev–Trinajstić information content (AvgIpc) is 3.34. The maximum Gasteiger partial charge on any atom is 0.333 e. The van der Waals surface area contributed by atoms with Crippen LogP contribution in [0, 0.1) is 0 Å². The van der Waals surface area contributed by atoms with Crippen molar-refractivity contribution < 1.29 is 8.78 Å². The van der Waals surface area contributed by atoms with E-state index in [4.69, 9.17) is 4.98 Å². The first-order valence-corrected chi connectivity index (χ1v) is 10.0. The molecule has 0 saturated carbocycles. The first-order chi connectivity index (χ1) is 14.6. The van der Waals surface area contributed by atoms with Gasteiger partial charge in [-0.3, -0.25) is 0 Å². The lowest BCUT2D eigenvalue weighted by atomic mass is 10.0. The minimum atomic E-state index is -2.66. The predicted octanol–water partition coefficient (Wildman–Crippen LogP) is 5.02. The fraction of sp³-hybridized carbons (Fsp3) is 0.304. The molecule has 0 fully saturated rings. The van der Waals surface area contributed by atoms with E-state index in [0.717, 1.165) is 39.7 Å². The topological polar surface area (TPSA) is 61.8 Å². The molecule has 0 aromatic carbocycles. The zero-order valence-corrected chi connectivity index (χ0v) is 18.1. The summed E-state index contributed by atoms with van der Waals surface area (Å²) in [4.78, 5) is 10.2. The van der Waals surface area contributed by atoms with Crippen LogP contribution in [0.2, 0.25) is 0 Å². The highest BCUT2D eigenvalue weighted by atomic mass is 19.3. The van der Waals surface area contributed by atoms with Crippen molar-refractivity contribution in [3.05, 3.63) is 60.2 Å². The summed E-state index contributed by atoms with van der Waals surface area (Å²) < 4.78 is 26.4. The molecule has 8 heteroatoms. The molecule has 0 spiro atoms. The van der Waals surface area contributed by atoms with Gasteiger partial charge in [-0.2, -0.15) is 13.9 Å². The molecule has 2 N–H and O–H groups in total. The quantitative estimate of drug-likeness (QED) is 0.604. The van der Waals surface area contributed by atoms with Crippen molar-refractivity contribution in [2.75, 3.05) is 18.5 Å². The number of pyridine rings is 1. The van der Waals surface area contributed by atoms with Crippen LogP contribution in [0.4, 0.5) is 14.6 Å². The van der Waals surface area contributed by atoms with Crippen molar-refractivity contribution in [3.8, 4) is 11.3 Å². The van der Waals surface area contributed by atoms with Gasteiger partial charge in [-0.1, -0.05) is 12.6 Å². The number of rotatable bonds is 5. The lowest BCUT2D eigenvalue weighted by Crippen LogP contribution is -2.34. The minimum Gasteiger partial charge on any atom is -0.379 e. The van der Waals surface area contributed by atoms with Crippen LogP contribution in [-0.2, 0) is 0 Å². The first-order valence-electron chi connectivity index (χ1n) is 10.0. The van der Waals surface area contributed by atoms with Crippen LogP contribution in [0.5, 0.6) is 0 Å². The highest BCUT2D eigenvalue weighted by Crippen LogP contribution is 2.35. The SMILES string of the molecule is C=C(NC(C)(C)C)c1cccc(C2=Cc3cc(-c4cnn(C(F)F)c4)[nH]c3N(C)C2)n1. The Balaban J connectivity index is 1.64. The normalized spacial score (nSPS) is 13.9. The summed E-state index contributed by atoms with van der Waals surface area (Å²) >= 11 is 0. The van der Waals surface area contributed by atoms with Gasteiger partial charge in [0.15, 0.2) is 0 Å². The summed E-state index contributed by atoms with van der Waals surface area (Å²) in [6.07, 6.45) is 4.86. The van der Waals surface area contributed by atoms with Gasteiger partial charge in [0, 0.05) is 36.5 Å². The number of hydrogen-bond donors (Lipinski definition) is 2. The number of hydrogen-bond acceptors (Lipinski definition) is 4. The lowest BCUT2D eigenvalue weighted by Gasteiger charge is -2.26. The molecule has 6 nitrogen and oxygen atoms in total. The Morgan fingerprint density at radius 1 is 1.29 bits per heavy atom. The van der Waals surface area contributed by atoms with Gasteiger partial charge in [0.1, 0.15) is 5.82 Å². The molecular formula is C23H26F2N6. The molecule has 0 unspecified atom stereocenters. The summed E-state index contributed by atoms with van der Waals surface area (Å²) in [5.41, 5.74) is 5.74. The third-order valence-electron chi connectivity index (χ3n) is 4.97. The molecule has 1 aliphatic rings. The predicted molar refractivity (Wildman–Crippen MR) is 121 cm³/mol. The number of H-pyrrole nitrogens is 1. The van der Waals surface area contributed by atoms with E-state index < -0.39 is 6.55 Å². The Bertz CT molecular complexity index is 1150. The standard InChI is InChI=1S/C23H26F2N6/c1-14(29-23(2,3)4)18-7-6-8-19(27-18)16-9-15-10-20(28-21(15)30(5)12-16)17-11-26-31(13-17)22(24)25/h6-11,13,22,28-29H,1,12H2,2-5H3. The summed E-state index contributed by atoms with van der Waals surface area (Å²) in [5.74, 6) is 0.929. The Morgan fingerprint density at radius 2 is 2.06 bits per heavy atom. The summed E-state index contributed by atoms with van der Waals surface area (Å²) in [6.45, 7) is 8.38. The van der Waals surface area contributed by atoms with Crippen LogP contribution >= 0.6 is 0 Å². The number of alkyl halides is 2. The number of aromatic nitrogens is 4. The molecule has 4 rings (SSSR count). The van der Waals surface area contributed by atoms with Gasteiger partial charge in [-0.05, 0) is 50.6 Å². The average molecular weight is 424 g/mol. The van der Waals surface area contributed by atoms with Crippen LogP contribution in [0.1, 0.15) is 44.3 Å². The number of fused-ring (bicyclic) bond motifs is 1. The second-order valence-corrected chi connectivity index (χ2v) is 8.76.